The van der Waals surface area contributed by atoms with Crippen molar-refractivity contribution in [3.63, 3.8) is 0 Å². The van der Waals surface area contributed by atoms with Gasteiger partial charge in [0, 0.05) is 25.9 Å². The number of amides is 3. The van der Waals surface area contributed by atoms with E-state index in [9.17, 15) is 14.4 Å². The van der Waals surface area contributed by atoms with Gasteiger partial charge in [0.15, 0.2) is 24.0 Å². The van der Waals surface area contributed by atoms with Crippen LogP contribution in [0.1, 0.15) is 24.3 Å². The summed E-state index contributed by atoms with van der Waals surface area (Å²) in [5.74, 6) is 0.656. The number of methoxy groups -OCH3 is 2. The molecule has 0 unspecified atom stereocenters. The first kappa shape index (κ1) is 25.1. The zero-order valence-corrected chi connectivity index (χ0v) is 20.0. The molecule has 0 fully saturated rings. The molecule has 1 aromatic carbocycles. The minimum absolute atomic E-state index is 0.259. The number of benzene rings is 1. The molecule has 1 aliphatic heterocycles. The molecule has 0 bridgehead atoms. The summed E-state index contributed by atoms with van der Waals surface area (Å²) in [5.41, 5.74) is 3.56. The number of esters is 1. The molecular weight excluding hydrogens is 458 g/mol. The fraction of sp³-hybridized carbons (Fsp3) is 0.304. The standard InChI is InChI=1S/C23H27N5O7/c1-13-20(22(30)33-5)21(26-23(31)25-13)14-6-8-16(17(10-14)32-4)34-12-18(29)27-24-11-15-7-9-19(35-15)28(2)3/h6-11,21H,12H2,1-5H3,(H,27,29)(H2,25,26,31)/b24-11-/t21-/m0/s1. The fourth-order valence-electron chi connectivity index (χ4n) is 3.30. The largest absolute Gasteiger partial charge is 0.493 e. The molecule has 0 saturated heterocycles. The van der Waals surface area contributed by atoms with E-state index in [-0.39, 0.29) is 17.9 Å². The zero-order valence-electron chi connectivity index (χ0n) is 20.0. The van der Waals surface area contributed by atoms with E-state index in [0.29, 0.717) is 28.7 Å². The second kappa shape index (κ2) is 11.1. The Bertz CT molecular complexity index is 1170. The van der Waals surface area contributed by atoms with Gasteiger partial charge in [-0.25, -0.2) is 15.0 Å². The van der Waals surface area contributed by atoms with Gasteiger partial charge in [0.05, 0.1) is 32.0 Å². The van der Waals surface area contributed by atoms with Crippen molar-refractivity contribution in [2.24, 2.45) is 5.10 Å². The number of anilines is 1. The van der Waals surface area contributed by atoms with Gasteiger partial charge in [-0.1, -0.05) is 6.07 Å². The molecule has 1 aromatic heterocycles. The second-order valence-electron chi connectivity index (χ2n) is 7.62. The Morgan fingerprint density at radius 2 is 1.97 bits per heavy atom. The van der Waals surface area contributed by atoms with Crippen molar-refractivity contribution < 1.29 is 33.0 Å². The first-order valence-electron chi connectivity index (χ1n) is 10.5. The van der Waals surface area contributed by atoms with Crippen molar-refractivity contribution in [1.29, 1.82) is 0 Å². The number of carbonyl (C=O) groups excluding carboxylic acids is 3. The Balaban J connectivity index is 1.66. The smallest absolute Gasteiger partial charge is 0.337 e. The fourth-order valence-corrected chi connectivity index (χ4v) is 3.30. The molecule has 0 radical (unpaired) electrons. The minimum Gasteiger partial charge on any atom is -0.493 e. The van der Waals surface area contributed by atoms with E-state index < -0.39 is 23.9 Å². The van der Waals surface area contributed by atoms with Crippen LogP contribution in [0.5, 0.6) is 11.5 Å². The third-order valence-corrected chi connectivity index (χ3v) is 4.99. The van der Waals surface area contributed by atoms with Crippen LogP contribution in [0.15, 0.2) is 51.1 Å². The number of allylic oxidation sites excluding steroid dienone is 1. The zero-order chi connectivity index (χ0) is 25.5. The summed E-state index contributed by atoms with van der Waals surface area (Å²) in [6.45, 7) is 1.28. The maximum atomic E-state index is 12.3. The molecule has 3 amide bonds. The van der Waals surface area contributed by atoms with E-state index in [4.69, 9.17) is 18.6 Å². The number of nitrogens with zero attached hydrogens (tertiary/aromatic N) is 2. The average Bonchev–Trinajstić information content (AvgIpc) is 3.31. The van der Waals surface area contributed by atoms with Crippen LogP contribution in [-0.2, 0) is 14.3 Å². The van der Waals surface area contributed by atoms with E-state index in [2.05, 4.69) is 21.2 Å². The van der Waals surface area contributed by atoms with Gasteiger partial charge in [-0.05, 0) is 30.7 Å². The lowest BCUT2D eigenvalue weighted by atomic mass is 9.95. The molecule has 12 heteroatoms. The number of hydrogen-bond donors (Lipinski definition) is 3. The highest BCUT2D eigenvalue weighted by Crippen LogP contribution is 2.34. The Labute approximate surface area is 201 Å². The number of urea groups is 1. The normalized spacial score (nSPS) is 15.3. The number of nitrogens with one attached hydrogen (secondary N) is 3. The quantitative estimate of drug-likeness (QED) is 0.277. The molecule has 3 rings (SSSR count). The molecule has 0 spiro atoms. The summed E-state index contributed by atoms with van der Waals surface area (Å²) < 4.78 is 21.3. The van der Waals surface area contributed by atoms with Gasteiger partial charge in [-0.15, -0.1) is 0 Å². The number of furan rings is 1. The van der Waals surface area contributed by atoms with Gasteiger partial charge in [-0.2, -0.15) is 5.10 Å². The minimum atomic E-state index is -0.758. The molecule has 186 valence electrons. The summed E-state index contributed by atoms with van der Waals surface area (Å²) in [5, 5.41) is 9.11. The van der Waals surface area contributed by atoms with Crippen LogP contribution in [0.25, 0.3) is 0 Å². The first-order valence-corrected chi connectivity index (χ1v) is 10.5. The maximum absolute atomic E-state index is 12.3. The summed E-state index contributed by atoms with van der Waals surface area (Å²) >= 11 is 0. The van der Waals surface area contributed by atoms with E-state index in [1.807, 2.05) is 14.1 Å². The van der Waals surface area contributed by atoms with Gasteiger partial charge in [-0.3, -0.25) is 4.79 Å². The topological polar surface area (TPSA) is 144 Å². The van der Waals surface area contributed by atoms with Gasteiger partial charge in [0.25, 0.3) is 5.91 Å². The summed E-state index contributed by atoms with van der Waals surface area (Å²) in [7, 11) is 6.39. The number of ether oxygens (including phenoxy) is 3. The van der Waals surface area contributed by atoms with E-state index in [0.717, 1.165) is 0 Å². The van der Waals surface area contributed by atoms with Crippen LogP contribution in [0.4, 0.5) is 10.7 Å². The number of hydrogen-bond acceptors (Lipinski definition) is 9. The monoisotopic (exact) mass is 485 g/mol. The second-order valence-corrected chi connectivity index (χ2v) is 7.62. The molecule has 0 saturated carbocycles. The molecule has 3 N–H and O–H groups in total. The maximum Gasteiger partial charge on any atom is 0.337 e. The molecule has 35 heavy (non-hydrogen) atoms. The van der Waals surface area contributed by atoms with Crippen molar-refractivity contribution in [1.82, 2.24) is 16.1 Å². The third-order valence-electron chi connectivity index (χ3n) is 4.99. The lowest BCUT2D eigenvalue weighted by Crippen LogP contribution is -2.45. The van der Waals surface area contributed by atoms with Gasteiger partial charge < -0.3 is 34.2 Å². The van der Waals surface area contributed by atoms with E-state index in [1.165, 1.54) is 20.4 Å². The molecule has 2 aromatic rings. The van der Waals surface area contributed by atoms with Crippen LogP contribution in [-0.4, -0.2) is 59.0 Å². The molecule has 1 atom stereocenters. The summed E-state index contributed by atoms with van der Waals surface area (Å²) in [6.07, 6.45) is 1.38. The Kier molecular flexibility index (Phi) is 7.97. The summed E-state index contributed by atoms with van der Waals surface area (Å²) in [6, 6.07) is 7.13. The summed E-state index contributed by atoms with van der Waals surface area (Å²) in [4.78, 5) is 38.2. The molecular formula is C23H27N5O7. The van der Waals surface area contributed by atoms with Crippen LogP contribution in [0.3, 0.4) is 0 Å². The first-order chi connectivity index (χ1) is 16.7. The predicted molar refractivity (Wildman–Crippen MR) is 126 cm³/mol. The van der Waals surface area contributed by atoms with Crippen LogP contribution >= 0.6 is 0 Å². The van der Waals surface area contributed by atoms with Crippen molar-refractivity contribution in [3.8, 4) is 11.5 Å². The van der Waals surface area contributed by atoms with Crippen molar-refractivity contribution >= 4 is 30.0 Å². The predicted octanol–water partition coefficient (Wildman–Crippen LogP) is 1.68. The number of carbonyl (C=O) groups is 3. The van der Waals surface area contributed by atoms with Crippen LogP contribution in [0, 0.1) is 0 Å². The molecule has 2 heterocycles. The average molecular weight is 485 g/mol. The van der Waals surface area contributed by atoms with Crippen molar-refractivity contribution in [2.75, 3.05) is 39.8 Å². The highest BCUT2D eigenvalue weighted by Gasteiger charge is 2.32. The Hall–Kier alpha value is -4.48. The van der Waals surface area contributed by atoms with Crippen LogP contribution < -0.4 is 30.4 Å². The highest BCUT2D eigenvalue weighted by atomic mass is 16.5. The van der Waals surface area contributed by atoms with E-state index >= 15 is 0 Å². The van der Waals surface area contributed by atoms with Crippen molar-refractivity contribution in [3.05, 3.63) is 52.9 Å². The SMILES string of the molecule is COC(=O)C1=C(C)NC(=O)N[C@H]1c1ccc(OCC(=O)N/N=C\c2ccc(N(C)C)o2)c(OC)c1. The number of hydrazone groups is 1. The van der Waals surface area contributed by atoms with Crippen LogP contribution in [0.2, 0.25) is 0 Å². The lowest BCUT2D eigenvalue weighted by Gasteiger charge is -2.28. The van der Waals surface area contributed by atoms with E-state index in [1.54, 1.807) is 42.2 Å². The molecule has 0 aliphatic carbocycles. The molecule has 12 nitrogen and oxygen atoms in total. The number of rotatable bonds is 9. The Morgan fingerprint density at radius 1 is 1.20 bits per heavy atom. The lowest BCUT2D eigenvalue weighted by molar-refractivity contribution is -0.136. The van der Waals surface area contributed by atoms with Gasteiger partial charge >= 0.3 is 12.0 Å². The Morgan fingerprint density at radius 3 is 2.63 bits per heavy atom. The van der Waals surface area contributed by atoms with Gasteiger partial charge in [0.1, 0.15) is 5.76 Å². The third kappa shape index (κ3) is 6.10. The highest BCUT2D eigenvalue weighted by molar-refractivity contribution is 5.95. The van der Waals surface area contributed by atoms with Gasteiger partial charge in [0.2, 0.25) is 0 Å². The molecule has 1 aliphatic rings. The van der Waals surface area contributed by atoms with Crippen molar-refractivity contribution in [2.45, 2.75) is 13.0 Å².